The van der Waals surface area contributed by atoms with Crippen molar-refractivity contribution >= 4 is 23.4 Å². The number of nitrogens with zero attached hydrogens (tertiary/aromatic N) is 2. The van der Waals surface area contributed by atoms with E-state index in [1.54, 1.807) is 0 Å². The quantitative estimate of drug-likeness (QED) is 0.766. The lowest BCUT2D eigenvalue weighted by Gasteiger charge is -2.04. The van der Waals surface area contributed by atoms with Crippen molar-refractivity contribution in [2.24, 2.45) is 0 Å². The molecule has 0 unspecified atom stereocenters. The molecule has 5 N–H and O–H groups in total. The molecule has 1 saturated carbocycles. The molecule has 0 radical (unpaired) electrons. The van der Waals surface area contributed by atoms with E-state index >= 15 is 0 Å². The molecular formula is C8H10ClN3O3. The summed E-state index contributed by atoms with van der Waals surface area (Å²) >= 11 is 5.65. The highest BCUT2D eigenvalue weighted by Gasteiger charge is 2.29. The normalized spacial score (nSPS) is 14.5. The number of halogens is 1. The van der Waals surface area contributed by atoms with Crippen molar-refractivity contribution in [1.82, 2.24) is 9.97 Å². The second-order valence-corrected chi connectivity index (χ2v) is 3.59. The van der Waals surface area contributed by atoms with E-state index in [-0.39, 0.29) is 27.9 Å². The Labute approximate surface area is 90.4 Å². The summed E-state index contributed by atoms with van der Waals surface area (Å²) in [6.07, 6.45) is 1.97. The molecule has 0 amide bonds. The first-order valence-electron chi connectivity index (χ1n) is 4.15. The molecule has 0 saturated heterocycles. The van der Waals surface area contributed by atoms with Gasteiger partial charge in [0.25, 0.3) is 0 Å². The molecular weight excluding hydrogens is 222 g/mol. The van der Waals surface area contributed by atoms with Gasteiger partial charge in [-0.25, -0.2) is 14.8 Å². The van der Waals surface area contributed by atoms with Gasteiger partial charge in [-0.3, -0.25) is 0 Å². The van der Waals surface area contributed by atoms with Gasteiger partial charge in [-0.15, -0.1) is 0 Å². The fourth-order valence-electron chi connectivity index (χ4n) is 1.15. The highest BCUT2D eigenvalue weighted by molar-refractivity contribution is 6.35. The number of nitrogens with two attached hydrogens (primary N) is 1. The molecule has 0 aromatic carbocycles. The third kappa shape index (κ3) is 2.16. The Morgan fingerprint density at radius 2 is 2.07 bits per heavy atom. The number of aromatic nitrogens is 2. The summed E-state index contributed by atoms with van der Waals surface area (Å²) in [5.41, 5.74) is 5.27. The number of nitrogen functional groups attached to an aromatic ring is 1. The Bertz CT molecular complexity index is 406. The van der Waals surface area contributed by atoms with Crippen LogP contribution in [0.15, 0.2) is 0 Å². The number of hydrogen-bond donors (Lipinski definition) is 2. The summed E-state index contributed by atoms with van der Waals surface area (Å²) in [4.78, 5) is 18.6. The van der Waals surface area contributed by atoms with E-state index in [0.29, 0.717) is 5.82 Å². The van der Waals surface area contributed by atoms with Gasteiger partial charge in [-0.1, -0.05) is 11.6 Å². The number of aromatic carboxylic acids is 1. The van der Waals surface area contributed by atoms with Gasteiger partial charge < -0.3 is 16.3 Å². The van der Waals surface area contributed by atoms with Crippen LogP contribution in [-0.4, -0.2) is 26.5 Å². The third-order valence-electron chi connectivity index (χ3n) is 2.04. The van der Waals surface area contributed by atoms with Crippen LogP contribution < -0.4 is 5.73 Å². The Morgan fingerprint density at radius 1 is 1.47 bits per heavy atom. The Balaban J connectivity index is 0.00000112. The van der Waals surface area contributed by atoms with Crippen molar-refractivity contribution in [3.05, 3.63) is 16.5 Å². The predicted molar refractivity (Wildman–Crippen MR) is 54.0 cm³/mol. The summed E-state index contributed by atoms with van der Waals surface area (Å²) in [6, 6.07) is 0. The van der Waals surface area contributed by atoms with Crippen LogP contribution in [0.3, 0.4) is 0 Å². The van der Waals surface area contributed by atoms with Gasteiger partial charge in [-0.2, -0.15) is 0 Å². The number of anilines is 1. The van der Waals surface area contributed by atoms with Crippen LogP contribution in [0.1, 0.15) is 35.1 Å². The minimum absolute atomic E-state index is 0. The van der Waals surface area contributed by atoms with E-state index < -0.39 is 5.97 Å². The van der Waals surface area contributed by atoms with Gasteiger partial charge >= 0.3 is 5.97 Å². The van der Waals surface area contributed by atoms with E-state index in [1.807, 2.05) is 0 Å². The van der Waals surface area contributed by atoms with E-state index in [0.717, 1.165) is 12.8 Å². The average molecular weight is 232 g/mol. The summed E-state index contributed by atoms with van der Waals surface area (Å²) in [7, 11) is 0. The Hall–Kier alpha value is -1.40. The molecule has 0 aliphatic heterocycles. The molecule has 0 atom stereocenters. The topological polar surface area (TPSA) is 121 Å². The second kappa shape index (κ2) is 4.00. The predicted octanol–water partition coefficient (Wildman–Crippen LogP) is 0.463. The zero-order chi connectivity index (χ0) is 10.3. The van der Waals surface area contributed by atoms with Gasteiger partial charge in [0.05, 0.1) is 0 Å². The lowest BCUT2D eigenvalue weighted by atomic mass is 10.3. The highest BCUT2D eigenvalue weighted by atomic mass is 35.5. The SMILES string of the molecule is Nc1nc(C2CC2)nc(C(=O)O)c1Cl.O. The third-order valence-corrected chi connectivity index (χ3v) is 2.41. The molecule has 1 heterocycles. The molecule has 1 aromatic rings. The molecule has 0 spiro atoms. The van der Waals surface area contributed by atoms with Crippen molar-refractivity contribution in [3.63, 3.8) is 0 Å². The standard InChI is InChI=1S/C8H8ClN3O2.H2O/c9-4-5(8(13)14)11-7(3-1-2-3)12-6(4)10;/h3H,1-2H2,(H,13,14)(H2,10,11,12);1H2. The molecule has 0 bridgehead atoms. The minimum Gasteiger partial charge on any atom is -0.476 e. The molecule has 6 nitrogen and oxygen atoms in total. The van der Waals surface area contributed by atoms with Crippen LogP contribution >= 0.6 is 11.6 Å². The molecule has 82 valence electrons. The van der Waals surface area contributed by atoms with Crippen LogP contribution in [0, 0.1) is 0 Å². The molecule has 7 heteroatoms. The van der Waals surface area contributed by atoms with E-state index in [2.05, 4.69) is 9.97 Å². The number of carbonyl (C=O) groups is 1. The summed E-state index contributed by atoms with van der Waals surface area (Å²) in [6.45, 7) is 0. The smallest absolute Gasteiger partial charge is 0.356 e. The number of carboxylic acids is 1. The average Bonchev–Trinajstić information content (AvgIpc) is 2.91. The first-order valence-corrected chi connectivity index (χ1v) is 4.53. The van der Waals surface area contributed by atoms with Gasteiger partial charge in [-0.05, 0) is 12.8 Å². The van der Waals surface area contributed by atoms with Crippen molar-refractivity contribution in [2.75, 3.05) is 5.73 Å². The lowest BCUT2D eigenvalue weighted by Crippen LogP contribution is -2.09. The lowest BCUT2D eigenvalue weighted by molar-refractivity contribution is 0.0690. The molecule has 1 aliphatic rings. The number of rotatable bonds is 2. The van der Waals surface area contributed by atoms with Gasteiger partial charge in [0, 0.05) is 5.92 Å². The monoisotopic (exact) mass is 231 g/mol. The van der Waals surface area contributed by atoms with Crippen LogP contribution in [0.5, 0.6) is 0 Å². The number of hydrogen-bond acceptors (Lipinski definition) is 4. The highest BCUT2D eigenvalue weighted by Crippen LogP contribution is 2.39. The fraction of sp³-hybridized carbons (Fsp3) is 0.375. The Morgan fingerprint density at radius 3 is 2.53 bits per heavy atom. The summed E-state index contributed by atoms with van der Waals surface area (Å²) in [5.74, 6) is -0.385. The van der Waals surface area contributed by atoms with Crippen LogP contribution in [0.25, 0.3) is 0 Å². The summed E-state index contributed by atoms with van der Waals surface area (Å²) in [5, 5.41) is 8.70. The van der Waals surface area contributed by atoms with Crippen molar-refractivity contribution in [1.29, 1.82) is 0 Å². The Kier molecular flexibility index (Phi) is 3.11. The van der Waals surface area contributed by atoms with Gasteiger partial charge in [0.15, 0.2) is 5.69 Å². The van der Waals surface area contributed by atoms with E-state index in [1.165, 1.54) is 0 Å². The van der Waals surface area contributed by atoms with Gasteiger partial charge in [0.1, 0.15) is 16.7 Å². The maximum atomic E-state index is 10.7. The minimum atomic E-state index is -1.17. The van der Waals surface area contributed by atoms with Crippen molar-refractivity contribution in [3.8, 4) is 0 Å². The molecule has 15 heavy (non-hydrogen) atoms. The fourth-order valence-corrected chi connectivity index (χ4v) is 1.31. The van der Waals surface area contributed by atoms with Crippen molar-refractivity contribution < 1.29 is 15.4 Å². The zero-order valence-corrected chi connectivity index (χ0v) is 8.45. The van der Waals surface area contributed by atoms with Gasteiger partial charge in [0.2, 0.25) is 0 Å². The molecule has 1 fully saturated rings. The largest absolute Gasteiger partial charge is 0.476 e. The first-order chi connectivity index (χ1) is 6.59. The van der Waals surface area contributed by atoms with Crippen LogP contribution in [0.2, 0.25) is 5.02 Å². The van der Waals surface area contributed by atoms with Crippen LogP contribution in [0.4, 0.5) is 5.82 Å². The molecule has 2 rings (SSSR count). The molecule has 1 aromatic heterocycles. The molecule has 1 aliphatic carbocycles. The van der Waals surface area contributed by atoms with Crippen molar-refractivity contribution in [2.45, 2.75) is 18.8 Å². The number of carboxylic acid groups (broad SMARTS) is 1. The second-order valence-electron chi connectivity index (χ2n) is 3.21. The maximum Gasteiger partial charge on any atom is 0.356 e. The first kappa shape index (κ1) is 11.7. The zero-order valence-electron chi connectivity index (χ0n) is 7.70. The summed E-state index contributed by atoms with van der Waals surface area (Å²) < 4.78 is 0. The maximum absolute atomic E-state index is 10.7. The van der Waals surface area contributed by atoms with Crippen LogP contribution in [-0.2, 0) is 0 Å². The van der Waals surface area contributed by atoms with E-state index in [9.17, 15) is 4.79 Å². The van der Waals surface area contributed by atoms with E-state index in [4.69, 9.17) is 22.4 Å².